The second kappa shape index (κ2) is 5.26. The van der Waals surface area contributed by atoms with E-state index in [0.29, 0.717) is 18.5 Å². The molecule has 0 aliphatic carbocycles. The molecule has 3 nitrogen and oxygen atoms in total. The highest BCUT2D eigenvalue weighted by Crippen LogP contribution is 2.11. The van der Waals surface area contributed by atoms with Crippen LogP contribution in [0.5, 0.6) is 0 Å². The van der Waals surface area contributed by atoms with Crippen molar-refractivity contribution in [3.8, 4) is 0 Å². The van der Waals surface area contributed by atoms with Crippen LogP contribution in [0.15, 0.2) is 24.3 Å². The third-order valence-electron chi connectivity index (χ3n) is 1.87. The summed E-state index contributed by atoms with van der Waals surface area (Å²) in [7, 11) is 0. The lowest BCUT2D eigenvalue weighted by atomic mass is 10.1. The van der Waals surface area contributed by atoms with Gasteiger partial charge in [0.05, 0.1) is 5.56 Å². The Morgan fingerprint density at radius 2 is 2.27 bits per heavy atom. The van der Waals surface area contributed by atoms with Crippen molar-refractivity contribution in [3.63, 3.8) is 0 Å². The number of carboxylic acid groups (broad SMARTS) is 1. The summed E-state index contributed by atoms with van der Waals surface area (Å²) >= 11 is 0. The molecule has 0 saturated heterocycles. The second-order valence-corrected chi connectivity index (χ2v) is 3.02. The van der Waals surface area contributed by atoms with Gasteiger partial charge >= 0.3 is 5.97 Å². The van der Waals surface area contributed by atoms with Crippen molar-refractivity contribution in [1.29, 1.82) is 0 Å². The van der Waals surface area contributed by atoms with Gasteiger partial charge in [-0.25, -0.2) is 9.18 Å². The Kier molecular flexibility index (Phi) is 4.00. The van der Waals surface area contributed by atoms with Crippen molar-refractivity contribution in [2.24, 2.45) is 5.73 Å². The molecular weight excluding hydrogens is 197 g/mol. The van der Waals surface area contributed by atoms with Gasteiger partial charge in [-0.1, -0.05) is 18.2 Å². The van der Waals surface area contributed by atoms with E-state index in [9.17, 15) is 9.18 Å². The van der Waals surface area contributed by atoms with E-state index < -0.39 is 11.8 Å². The van der Waals surface area contributed by atoms with Crippen LogP contribution in [0.1, 0.15) is 22.3 Å². The third-order valence-corrected chi connectivity index (χ3v) is 1.87. The van der Waals surface area contributed by atoms with Gasteiger partial charge < -0.3 is 10.8 Å². The van der Waals surface area contributed by atoms with Gasteiger partial charge in [-0.15, -0.1) is 0 Å². The second-order valence-electron chi connectivity index (χ2n) is 3.02. The minimum Gasteiger partial charge on any atom is -0.478 e. The molecule has 0 aliphatic rings. The van der Waals surface area contributed by atoms with Crippen LogP contribution in [0.25, 0.3) is 6.08 Å². The molecule has 0 heterocycles. The molecule has 0 bridgehead atoms. The summed E-state index contributed by atoms with van der Waals surface area (Å²) in [5.74, 6) is -1.98. The Bertz CT molecular complexity index is 388. The van der Waals surface area contributed by atoms with Crippen LogP contribution in [-0.2, 0) is 0 Å². The average molecular weight is 209 g/mol. The van der Waals surface area contributed by atoms with Gasteiger partial charge in [0.25, 0.3) is 0 Å². The molecule has 1 rings (SSSR count). The Balaban J connectivity index is 2.87. The van der Waals surface area contributed by atoms with Gasteiger partial charge in [-0.3, -0.25) is 0 Å². The van der Waals surface area contributed by atoms with Crippen LogP contribution in [-0.4, -0.2) is 17.6 Å². The number of hydrogen-bond donors (Lipinski definition) is 2. The standard InChI is InChI=1S/C11H12FNO2/c12-10-7-8(3-1-2-6-13)4-5-9(10)11(14)15/h1,3-5,7H,2,6,13H2,(H,14,15). The number of nitrogens with two attached hydrogens (primary N) is 1. The highest BCUT2D eigenvalue weighted by Gasteiger charge is 2.08. The zero-order valence-corrected chi connectivity index (χ0v) is 8.11. The predicted molar refractivity (Wildman–Crippen MR) is 56.1 cm³/mol. The predicted octanol–water partition coefficient (Wildman–Crippen LogP) is 1.89. The molecule has 0 atom stereocenters. The minimum atomic E-state index is -1.26. The smallest absolute Gasteiger partial charge is 0.338 e. The molecule has 0 aliphatic heterocycles. The van der Waals surface area contributed by atoms with Crippen molar-refractivity contribution in [2.45, 2.75) is 6.42 Å². The Morgan fingerprint density at radius 1 is 1.53 bits per heavy atom. The number of rotatable bonds is 4. The number of hydrogen-bond acceptors (Lipinski definition) is 2. The minimum absolute atomic E-state index is 0.314. The molecule has 0 unspecified atom stereocenters. The Morgan fingerprint density at radius 3 is 2.80 bits per heavy atom. The normalized spacial score (nSPS) is 10.8. The number of halogens is 1. The summed E-state index contributed by atoms with van der Waals surface area (Å²) in [4.78, 5) is 10.5. The lowest BCUT2D eigenvalue weighted by Crippen LogP contribution is -2.00. The van der Waals surface area contributed by atoms with E-state index in [-0.39, 0.29) is 5.56 Å². The molecule has 1 aromatic rings. The fourth-order valence-corrected chi connectivity index (χ4v) is 1.12. The van der Waals surface area contributed by atoms with E-state index in [4.69, 9.17) is 10.8 Å². The molecule has 0 amide bonds. The SMILES string of the molecule is NCCC=Cc1ccc(C(=O)O)c(F)c1. The number of benzene rings is 1. The summed E-state index contributed by atoms with van der Waals surface area (Å²) in [6.45, 7) is 0.534. The summed E-state index contributed by atoms with van der Waals surface area (Å²) < 4.78 is 13.2. The topological polar surface area (TPSA) is 63.3 Å². The summed E-state index contributed by atoms with van der Waals surface area (Å²) in [6, 6.07) is 4.00. The molecular formula is C11H12FNO2. The number of aromatic carboxylic acids is 1. The van der Waals surface area contributed by atoms with Gasteiger partial charge in [-0.2, -0.15) is 0 Å². The van der Waals surface area contributed by atoms with Crippen molar-refractivity contribution in [1.82, 2.24) is 0 Å². The van der Waals surface area contributed by atoms with E-state index in [1.807, 2.05) is 6.08 Å². The maximum atomic E-state index is 13.2. The number of carboxylic acids is 1. The van der Waals surface area contributed by atoms with Crippen LogP contribution >= 0.6 is 0 Å². The Hall–Kier alpha value is -1.68. The van der Waals surface area contributed by atoms with Crippen molar-refractivity contribution >= 4 is 12.0 Å². The first-order chi connectivity index (χ1) is 7.15. The zero-order chi connectivity index (χ0) is 11.3. The Labute approximate surface area is 87.0 Å². The molecule has 0 aromatic heterocycles. The van der Waals surface area contributed by atoms with Crippen LogP contribution in [0.3, 0.4) is 0 Å². The van der Waals surface area contributed by atoms with Crippen molar-refractivity contribution < 1.29 is 14.3 Å². The molecule has 15 heavy (non-hydrogen) atoms. The van der Waals surface area contributed by atoms with Gasteiger partial charge in [0.1, 0.15) is 5.82 Å². The quantitative estimate of drug-likeness (QED) is 0.795. The van der Waals surface area contributed by atoms with Crippen molar-refractivity contribution in [2.75, 3.05) is 6.54 Å². The molecule has 1 aromatic carbocycles. The largest absolute Gasteiger partial charge is 0.478 e. The van der Waals surface area contributed by atoms with E-state index in [1.54, 1.807) is 12.1 Å². The lowest BCUT2D eigenvalue weighted by molar-refractivity contribution is 0.0692. The first kappa shape index (κ1) is 11.4. The maximum Gasteiger partial charge on any atom is 0.338 e. The van der Waals surface area contributed by atoms with Gasteiger partial charge in [0, 0.05) is 0 Å². The molecule has 3 N–H and O–H groups in total. The molecule has 0 saturated carbocycles. The number of carbonyl (C=O) groups is 1. The van der Waals surface area contributed by atoms with Gasteiger partial charge in [0.2, 0.25) is 0 Å². The van der Waals surface area contributed by atoms with E-state index >= 15 is 0 Å². The van der Waals surface area contributed by atoms with E-state index in [2.05, 4.69) is 0 Å². The highest BCUT2D eigenvalue weighted by molar-refractivity contribution is 5.88. The summed E-state index contributed by atoms with van der Waals surface area (Å²) in [6.07, 6.45) is 4.24. The van der Waals surface area contributed by atoms with Crippen LogP contribution < -0.4 is 5.73 Å². The first-order valence-corrected chi connectivity index (χ1v) is 4.54. The van der Waals surface area contributed by atoms with Gasteiger partial charge in [-0.05, 0) is 30.7 Å². The van der Waals surface area contributed by atoms with E-state index in [1.165, 1.54) is 12.1 Å². The fraction of sp³-hybridized carbons (Fsp3) is 0.182. The maximum absolute atomic E-state index is 13.2. The molecule has 4 heteroatoms. The first-order valence-electron chi connectivity index (χ1n) is 4.54. The summed E-state index contributed by atoms with van der Waals surface area (Å²) in [5, 5.41) is 8.60. The zero-order valence-electron chi connectivity index (χ0n) is 8.11. The van der Waals surface area contributed by atoms with Crippen molar-refractivity contribution in [3.05, 3.63) is 41.2 Å². The van der Waals surface area contributed by atoms with Crippen LogP contribution in [0, 0.1) is 5.82 Å². The average Bonchev–Trinajstić information content (AvgIpc) is 2.17. The van der Waals surface area contributed by atoms with Gasteiger partial charge in [0.15, 0.2) is 0 Å². The monoisotopic (exact) mass is 209 g/mol. The third kappa shape index (κ3) is 3.18. The molecule has 0 spiro atoms. The fourth-order valence-electron chi connectivity index (χ4n) is 1.12. The molecule has 0 radical (unpaired) electrons. The summed E-state index contributed by atoms with van der Waals surface area (Å²) in [5.41, 5.74) is 5.60. The highest BCUT2D eigenvalue weighted by atomic mass is 19.1. The van der Waals surface area contributed by atoms with Crippen LogP contribution in [0.2, 0.25) is 0 Å². The van der Waals surface area contributed by atoms with Crippen LogP contribution in [0.4, 0.5) is 4.39 Å². The van der Waals surface area contributed by atoms with E-state index in [0.717, 1.165) is 0 Å². The molecule has 0 fully saturated rings. The molecule has 80 valence electrons. The lowest BCUT2D eigenvalue weighted by Gasteiger charge is -1.98.